The van der Waals surface area contributed by atoms with E-state index in [1.54, 1.807) is 19.1 Å². The van der Waals surface area contributed by atoms with E-state index in [-0.39, 0.29) is 12.8 Å². The van der Waals surface area contributed by atoms with Gasteiger partial charge in [-0.15, -0.1) is 0 Å². The van der Waals surface area contributed by atoms with Crippen molar-refractivity contribution in [2.75, 3.05) is 34.1 Å². The molecule has 0 aliphatic carbocycles. The molecule has 2 aromatic carbocycles. The van der Waals surface area contributed by atoms with Crippen LogP contribution in [0, 0.1) is 0 Å². The molecule has 150 valence electrons. The summed E-state index contributed by atoms with van der Waals surface area (Å²) in [7, 11) is 3.22. The van der Waals surface area contributed by atoms with Gasteiger partial charge in [-0.3, -0.25) is 0 Å². The van der Waals surface area contributed by atoms with Crippen molar-refractivity contribution in [1.82, 2.24) is 10.2 Å². The van der Waals surface area contributed by atoms with Crippen LogP contribution in [0.3, 0.4) is 0 Å². The molecule has 0 aromatic heterocycles. The van der Waals surface area contributed by atoms with Crippen LogP contribution in [-0.2, 0) is 13.0 Å². The molecule has 2 aromatic rings. The second-order valence-corrected chi connectivity index (χ2v) is 6.37. The van der Waals surface area contributed by atoms with Crippen LogP contribution in [0.2, 0.25) is 0 Å². The van der Waals surface area contributed by atoms with Crippen molar-refractivity contribution in [1.29, 1.82) is 0 Å². The summed E-state index contributed by atoms with van der Waals surface area (Å²) >= 11 is 0. The molecule has 0 atom stereocenters. The Morgan fingerprint density at radius 3 is 2.54 bits per heavy atom. The minimum absolute atomic E-state index is 0.0966. The van der Waals surface area contributed by atoms with Crippen molar-refractivity contribution in [3.8, 4) is 23.0 Å². The molecule has 0 bridgehead atoms. The lowest BCUT2D eigenvalue weighted by atomic mass is 10.1. The monoisotopic (exact) mass is 386 g/mol. The van der Waals surface area contributed by atoms with Crippen LogP contribution >= 0.6 is 0 Å². The summed E-state index contributed by atoms with van der Waals surface area (Å²) in [6.45, 7) is 3.85. The van der Waals surface area contributed by atoms with E-state index in [4.69, 9.17) is 18.9 Å². The van der Waals surface area contributed by atoms with E-state index in [0.717, 1.165) is 22.6 Å². The largest absolute Gasteiger partial charge is 0.493 e. The number of ether oxygens (including phenoxy) is 4. The van der Waals surface area contributed by atoms with Gasteiger partial charge in [0, 0.05) is 19.6 Å². The Bertz CT molecular complexity index is 824. The Morgan fingerprint density at radius 2 is 1.79 bits per heavy atom. The zero-order valence-corrected chi connectivity index (χ0v) is 16.5. The molecule has 0 spiro atoms. The number of nitrogens with zero attached hydrogens (tertiary/aromatic N) is 1. The third-order valence-electron chi connectivity index (χ3n) is 4.62. The van der Waals surface area contributed by atoms with Gasteiger partial charge >= 0.3 is 6.03 Å². The van der Waals surface area contributed by atoms with Gasteiger partial charge in [0.25, 0.3) is 0 Å². The van der Waals surface area contributed by atoms with Crippen LogP contribution in [0.1, 0.15) is 18.1 Å². The van der Waals surface area contributed by atoms with E-state index in [2.05, 4.69) is 5.32 Å². The van der Waals surface area contributed by atoms with Crippen molar-refractivity contribution in [3.05, 3.63) is 47.5 Å². The fourth-order valence-corrected chi connectivity index (χ4v) is 3.05. The van der Waals surface area contributed by atoms with Crippen molar-refractivity contribution >= 4 is 6.03 Å². The van der Waals surface area contributed by atoms with Gasteiger partial charge in [0.1, 0.15) is 0 Å². The number of hydrogen-bond donors (Lipinski definition) is 1. The highest BCUT2D eigenvalue weighted by molar-refractivity contribution is 5.74. The fraction of sp³-hybridized carbons (Fsp3) is 0.381. The first-order chi connectivity index (χ1) is 13.6. The average Bonchev–Trinajstić information content (AvgIpc) is 3.19. The number of nitrogens with one attached hydrogen (secondary N) is 1. The SMILES string of the molecule is CCN(Cc1ccc2c(c1)OCO2)C(=O)NCCc1ccc(OC)c(OC)c1. The van der Waals surface area contributed by atoms with Gasteiger partial charge in [0.05, 0.1) is 14.2 Å². The molecule has 7 heteroatoms. The standard InChI is InChI=1S/C21H26N2O5/c1-4-23(13-16-6-8-18-20(12-16)28-14-27-18)21(24)22-10-9-15-5-7-17(25-2)19(11-15)26-3/h5-8,11-12H,4,9-10,13-14H2,1-3H3,(H,22,24). The summed E-state index contributed by atoms with van der Waals surface area (Å²) in [5, 5.41) is 2.98. The highest BCUT2D eigenvalue weighted by Gasteiger charge is 2.16. The van der Waals surface area contributed by atoms with Gasteiger partial charge in [0.15, 0.2) is 23.0 Å². The zero-order valence-electron chi connectivity index (χ0n) is 16.5. The van der Waals surface area contributed by atoms with Crippen molar-refractivity contribution in [2.24, 2.45) is 0 Å². The summed E-state index contributed by atoms with van der Waals surface area (Å²) < 4.78 is 21.3. The maximum Gasteiger partial charge on any atom is 0.317 e. The molecule has 7 nitrogen and oxygen atoms in total. The van der Waals surface area contributed by atoms with Crippen LogP contribution < -0.4 is 24.3 Å². The molecule has 1 aliphatic heterocycles. The average molecular weight is 386 g/mol. The molecular formula is C21H26N2O5. The molecule has 1 heterocycles. The van der Waals surface area contributed by atoms with Crippen LogP contribution in [0.25, 0.3) is 0 Å². The molecule has 1 N–H and O–H groups in total. The minimum Gasteiger partial charge on any atom is -0.493 e. The minimum atomic E-state index is -0.0966. The highest BCUT2D eigenvalue weighted by Crippen LogP contribution is 2.32. The summed E-state index contributed by atoms with van der Waals surface area (Å²) in [6, 6.07) is 11.4. The van der Waals surface area contributed by atoms with Crippen LogP contribution in [-0.4, -0.2) is 45.0 Å². The summed E-state index contributed by atoms with van der Waals surface area (Å²) in [4.78, 5) is 14.3. The lowest BCUT2D eigenvalue weighted by Gasteiger charge is -2.21. The molecule has 2 amide bonds. The first-order valence-corrected chi connectivity index (χ1v) is 9.26. The molecule has 28 heavy (non-hydrogen) atoms. The van der Waals surface area contributed by atoms with Crippen molar-refractivity contribution < 1.29 is 23.7 Å². The summed E-state index contributed by atoms with van der Waals surface area (Å²) in [5.74, 6) is 2.84. The Hall–Kier alpha value is -3.09. The lowest BCUT2D eigenvalue weighted by Crippen LogP contribution is -2.40. The zero-order chi connectivity index (χ0) is 19.9. The number of methoxy groups -OCH3 is 2. The second-order valence-electron chi connectivity index (χ2n) is 6.37. The maximum atomic E-state index is 12.5. The van der Waals surface area contributed by atoms with Crippen molar-refractivity contribution in [2.45, 2.75) is 19.9 Å². The smallest absolute Gasteiger partial charge is 0.317 e. The van der Waals surface area contributed by atoms with Crippen LogP contribution in [0.5, 0.6) is 23.0 Å². The number of urea groups is 1. The molecular weight excluding hydrogens is 360 g/mol. The molecule has 0 radical (unpaired) electrons. The maximum absolute atomic E-state index is 12.5. The van der Waals surface area contributed by atoms with Gasteiger partial charge < -0.3 is 29.2 Å². The van der Waals surface area contributed by atoms with Crippen LogP contribution in [0.15, 0.2) is 36.4 Å². The predicted octanol–water partition coefficient (Wildman–Crippen LogP) is 3.21. The quantitative estimate of drug-likeness (QED) is 0.755. The van der Waals surface area contributed by atoms with E-state index in [0.29, 0.717) is 37.6 Å². The molecule has 0 fully saturated rings. The van der Waals surface area contributed by atoms with Gasteiger partial charge in [-0.1, -0.05) is 12.1 Å². The molecule has 3 rings (SSSR count). The molecule has 0 saturated heterocycles. The van der Waals surface area contributed by atoms with Crippen LogP contribution in [0.4, 0.5) is 4.79 Å². The molecule has 0 unspecified atom stereocenters. The topological polar surface area (TPSA) is 69.3 Å². The normalized spacial score (nSPS) is 11.8. The first kappa shape index (κ1) is 19.7. The second kappa shape index (κ2) is 9.21. The Kier molecular flexibility index (Phi) is 6.47. The van der Waals surface area contributed by atoms with Crippen molar-refractivity contribution in [3.63, 3.8) is 0 Å². The number of benzene rings is 2. The first-order valence-electron chi connectivity index (χ1n) is 9.26. The number of amides is 2. The van der Waals surface area contributed by atoms with Gasteiger partial charge in [-0.2, -0.15) is 0 Å². The summed E-state index contributed by atoms with van der Waals surface area (Å²) in [5.41, 5.74) is 2.07. The van der Waals surface area contributed by atoms with E-state index in [1.165, 1.54) is 0 Å². The number of fused-ring (bicyclic) bond motifs is 1. The van der Waals surface area contributed by atoms with Gasteiger partial charge in [-0.25, -0.2) is 4.79 Å². The summed E-state index contributed by atoms with van der Waals surface area (Å²) in [6.07, 6.45) is 0.702. The van der Waals surface area contributed by atoms with Gasteiger partial charge in [0.2, 0.25) is 6.79 Å². The fourth-order valence-electron chi connectivity index (χ4n) is 3.05. The van der Waals surface area contributed by atoms with E-state index in [1.807, 2.05) is 43.3 Å². The Balaban J connectivity index is 1.53. The van der Waals surface area contributed by atoms with E-state index < -0.39 is 0 Å². The van der Waals surface area contributed by atoms with E-state index >= 15 is 0 Å². The Morgan fingerprint density at radius 1 is 1.04 bits per heavy atom. The van der Waals surface area contributed by atoms with E-state index in [9.17, 15) is 4.79 Å². The third kappa shape index (κ3) is 4.60. The molecule has 0 saturated carbocycles. The Labute approximate surface area is 165 Å². The third-order valence-corrected chi connectivity index (χ3v) is 4.62. The van der Waals surface area contributed by atoms with Gasteiger partial charge in [-0.05, 0) is 48.7 Å². The lowest BCUT2D eigenvalue weighted by molar-refractivity contribution is 0.173. The number of rotatable bonds is 8. The number of carbonyl (C=O) groups is 1. The number of carbonyl (C=O) groups excluding carboxylic acids is 1. The highest BCUT2D eigenvalue weighted by atomic mass is 16.7. The predicted molar refractivity (Wildman–Crippen MR) is 105 cm³/mol. The number of hydrogen-bond acceptors (Lipinski definition) is 5. The molecule has 1 aliphatic rings.